The van der Waals surface area contributed by atoms with Crippen molar-refractivity contribution < 1.29 is 19.4 Å². The van der Waals surface area contributed by atoms with Crippen molar-refractivity contribution in [2.24, 2.45) is 0 Å². The fourth-order valence-electron chi connectivity index (χ4n) is 0.324. The maximum atomic E-state index is 10.5. The van der Waals surface area contributed by atoms with Crippen LogP contribution in [0.5, 0.6) is 0 Å². The smallest absolute Gasteiger partial charge is 0.331 e. The summed E-state index contributed by atoms with van der Waals surface area (Å²) in [6.45, 7) is 0. The van der Waals surface area contributed by atoms with Crippen LogP contribution < -0.4 is 0 Å². The SMILES string of the molecule is C#CCC(=O)OC#CCC(=O)O. The third kappa shape index (κ3) is 6.18. The predicted molar refractivity (Wildman–Crippen MR) is 39.6 cm³/mol. The van der Waals surface area contributed by atoms with Gasteiger partial charge in [0, 0.05) is 0 Å². The number of ether oxygens (including phenoxy) is 1. The fraction of sp³-hybridized carbons (Fsp3) is 0.250. The van der Waals surface area contributed by atoms with Crippen LogP contribution >= 0.6 is 0 Å². The molecule has 0 rings (SSSR count). The summed E-state index contributed by atoms with van der Waals surface area (Å²) in [6, 6.07) is 0. The van der Waals surface area contributed by atoms with Gasteiger partial charge in [0.05, 0.1) is 0 Å². The van der Waals surface area contributed by atoms with Crippen molar-refractivity contribution in [1.82, 2.24) is 0 Å². The normalized spacial score (nSPS) is 7.25. The van der Waals surface area contributed by atoms with E-state index < -0.39 is 11.9 Å². The van der Waals surface area contributed by atoms with Crippen LogP contribution in [0.2, 0.25) is 0 Å². The van der Waals surface area contributed by atoms with Crippen molar-refractivity contribution in [3.05, 3.63) is 0 Å². The van der Waals surface area contributed by atoms with Crippen molar-refractivity contribution in [3.63, 3.8) is 0 Å². The molecular weight excluding hydrogens is 160 g/mol. The van der Waals surface area contributed by atoms with E-state index in [9.17, 15) is 9.59 Å². The molecule has 0 saturated carbocycles. The molecule has 0 unspecified atom stereocenters. The molecule has 0 radical (unpaired) electrons. The molecule has 62 valence electrons. The first-order chi connectivity index (χ1) is 5.66. The van der Waals surface area contributed by atoms with Crippen LogP contribution in [0.1, 0.15) is 12.8 Å². The van der Waals surface area contributed by atoms with Crippen molar-refractivity contribution in [1.29, 1.82) is 0 Å². The van der Waals surface area contributed by atoms with E-state index in [0.29, 0.717) is 0 Å². The van der Waals surface area contributed by atoms with Gasteiger partial charge >= 0.3 is 11.9 Å². The number of carboxylic acid groups (broad SMARTS) is 1. The molecular formula is C8H6O4. The minimum Gasteiger partial charge on any atom is -0.481 e. The number of hydrogen-bond donors (Lipinski definition) is 1. The molecule has 0 bridgehead atoms. The van der Waals surface area contributed by atoms with E-state index in [1.807, 2.05) is 6.11 Å². The Labute approximate surface area is 69.5 Å². The first-order valence-corrected chi connectivity index (χ1v) is 2.99. The summed E-state index contributed by atoms with van der Waals surface area (Å²) in [6.07, 6.45) is 6.19. The number of terminal acetylenes is 1. The highest BCUT2D eigenvalue weighted by molar-refractivity contribution is 5.73. The second kappa shape index (κ2) is 5.82. The Hall–Kier alpha value is -1.94. The number of esters is 1. The summed E-state index contributed by atoms with van der Waals surface area (Å²) < 4.78 is 4.23. The molecule has 12 heavy (non-hydrogen) atoms. The lowest BCUT2D eigenvalue weighted by Gasteiger charge is -1.86. The summed E-state index contributed by atoms with van der Waals surface area (Å²) in [4.78, 5) is 20.4. The topological polar surface area (TPSA) is 63.6 Å². The Morgan fingerprint density at radius 3 is 2.58 bits per heavy atom. The van der Waals surface area contributed by atoms with Gasteiger partial charge in [-0.1, -0.05) is 5.92 Å². The van der Waals surface area contributed by atoms with E-state index in [0.717, 1.165) is 0 Å². The standard InChI is InChI=1S/C8H6O4/c1-2-4-8(11)12-6-3-5-7(9)10/h1H,4-5H2,(H,9,10). The summed E-state index contributed by atoms with van der Waals surface area (Å²) in [5, 5.41) is 8.11. The molecule has 0 fully saturated rings. The lowest BCUT2D eigenvalue weighted by Crippen LogP contribution is -1.97. The average molecular weight is 166 g/mol. The average Bonchev–Trinajstić information content (AvgIpc) is 1.98. The van der Waals surface area contributed by atoms with E-state index in [4.69, 9.17) is 11.5 Å². The Morgan fingerprint density at radius 2 is 2.08 bits per heavy atom. The molecule has 0 spiro atoms. The third-order valence-corrected chi connectivity index (χ3v) is 0.723. The highest BCUT2D eigenvalue weighted by Crippen LogP contribution is 1.82. The summed E-state index contributed by atoms with van der Waals surface area (Å²) in [5.41, 5.74) is 0. The lowest BCUT2D eigenvalue weighted by molar-refractivity contribution is -0.137. The Kier molecular flexibility index (Phi) is 4.88. The van der Waals surface area contributed by atoms with E-state index in [1.54, 1.807) is 0 Å². The third-order valence-electron chi connectivity index (χ3n) is 0.723. The van der Waals surface area contributed by atoms with Gasteiger partial charge in [-0.05, 0) is 5.92 Å². The molecule has 0 aromatic rings. The predicted octanol–water partition coefficient (Wildman–Crippen LogP) is -0.0115. The van der Waals surface area contributed by atoms with Crippen LogP contribution in [-0.2, 0) is 14.3 Å². The Balaban J connectivity index is 3.65. The molecule has 1 N–H and O–H groups in total. The Morgan fingerprint density at radius 1 is 1.42 bits per heavy atom. The zero-order valence-electron chi connectivity index (χ0n) is 6.16. The van der Waals surface area contributed by atoms with Gasteiger partial charge in [-0.15, -0.1) is 6.42 Å². The highest BCUT2D eigenvalue weighted by Gasteiger charge is 1.95. The zero-order chi connectivity index (χ0) is 9.40. The molecule has 0 atom stereocenters. The minimum absolute atomic E-state index is 0.165. The number of carboxylic acids is 1. The van der Waals surface area contributed by atoms with Gasteiger partial charge in [0.15, 0.2) is 0 Å². The summed E-state index contributed by atoms with van der Waals surface area (Å²) in [5.74, 6) is 2.44. The second-order valence-electron chi connectivity index (χ2n) is 1.70. The van der Waals surface area contributed by atoms with Gasteiger partial charge in [-0.3, -0.25) is 4.79 Å². The highest BCUT2D eigenvalue weighted by atomic mass is 16.5. The van der Waals surface area contributed by atoms with Gasteiger partial charge < -0.3 is 9.84 Å². The molecule has 0 aliphatic heterocycles. The van der Waals surface area contributed by atoms with Crippen LogP contribution in [0.25, 0.3) is 0 Å². The molecule has 0 aliphatic rings. The second-order valence-corrected chi connectivity index (χ2v) is 1.70. The first kappa shape index (κ1) is 10.1. The summed E-state index contributed by atoms with van der Waals surface area (Å²) >= 11 is 0. The van der Waals surface area contributed by atoms with E-state index >= 15 is 0 Å². The number of carbonyl (C=O) groups excluding carboxylic acids is 1. The van der Waals surface area contributed by atoms with Gasteiger partial charge in [0.25, 0.3) is 0 Å². The van der Waals surface area contributed by atoms with E-state index in [1.165, 1.54) is 0 Å². The number of rotatable bonds is 2. The first-order valence-electron chi connectivity index (χ1n) is 2.99. The Bertz CT molecular complexity index is 274. The fourth-order valence-corrected chi connectivity index (χ4v) is 0.324. The monoisotopic (exact) mass is 166 g/mol. The molecule has 0 aliphatic carbocycles. The quantitative estimate of drug-likeness (QED) is 0.463. The molecule has 4 heteroatoms. The van der Waals surface area contributed by atoms with Crippen molar-refractivity contribution in [3.8, 4) is 24.4 Å². The van der Waals surface area contributed by atoms with Crippen LogP contribution in [0.3, 0.4) is 0 Å². The van der Waals surface area contributed by atoms with Gasteiger partial charge in [-0.25, -0.2) is 4.79 Å². The number of carbonyl (C=O) groups is 2. The van der Waals surface area contributed by atoms with Crippen LogP contribution in [-0.4, -0.2) is 17.0 Å². The molecule has 0 amide bonds. The van der Waals surface area contributed by atoms with Crippen molar-refractivity contribution in [2.45, 2.75) is 12.8 Å². The lowest BCUT2D eigenvalue weighted by atomic mass is 10.4. The zero-order valence-corrected chi connectivity index (χ0v) is 6.16. The minimum atomic E-state index is -1.07. The van der Waals surface area contributed by atoms with Crippen LogP contribution in [0.15, 0.2) is 0 Å². The maximum Gasteiger partial charge on any atom is 0.331 e. The summed E-state index contributed by atoms with van der Waals surface area (Å²) in [7, 11) is 0. The largest absolute Gasteiger partial charge is 0.481 e. The maximum absolute atomic E-state index is 10.5. The van der Waals surface area contributed by atoms with Gasteiger partial charge in [0.2, 0.25) is 0 Å². The van der Waals surface area contributed by atoms with E-state index in [-0.39, 0.29) is 12.8 Å². The number of hydrogen-bond acceptors (Lipinski definition) is 3. The van der Waals surface area contributed by atoms with Gasteiger partial charge in [0.1, 0.15) is 18.9 Å². The van der Waals surface area contributed by atoms with E-state index in [2.05, 4.69) is 16.6 Å². The molecule has 0 saturated heterocycles. The van der Waals surface area contributed by atoms with Crippen molar-refractivity contribution in [2.75, 3.05) is 0 Å². The van der Waals surface area contributed by atoms with Gasteiger partial charge in [-0.2, -0.15) is 0 Å². The van der Waals surface area contributed by atoms with Crippen LogP contribution in [0, 0.1) is 24.4 Å². The molecule has 0 heterocycles. The molecule has 0 aromatic carbocycles. The number of aliphatic carboxylic acids is 1. The molecule has 0 aromatic heterocycles. The van der Waals surface area contributed by atoms with Crippen LogP contribution in [0.4, 0.5) is 0 Å². The van der Waals surface area contributed by atoms with Crippen molar-refractivity contribution >= 4 is 11.9 Å². The molecule has 4 nitrogen and oxygen atoms in total.